The van der Waals surface area contributed by atoms with E-state index < -0.39 is 0 Å². The molecule has 5 aliphatic carbocycles. The van der Waals surface area contributed by atoms with Crippen molar-refractivity contribution in [1.82, 2.24) is 0 Å². The molecule has 15 heavy (non-hydrogen) atoms. The summed E-state index contributed by atoms with van der Waals surface area (Å²) in [5.74, 6) is 6.57. The van der Waals surface area contributed by atoms with Crippen LogP contribution in [-0.2, 0) is 0 Å². The minimum absolute atomic E-state index is 0.762. The molecule has 5 rings (SSSR count). The molecule has 0 aromatic heterocycles. The molecule has 5 fully saturated rings. The Bertz CT molecular complexity index is 329. The van der Waals surface area contributed by atoms with Crippen molar-refractivity contribution < 1.29 is 0 Å². The number of hydrogen-bond donors (Lipinski definition) is 0. The molecule has 0 saturated heterocycles. The summed E-state index contributed by atoms with van der Waals surface area (Å²) in [4.78, 5) is 0. The quantitative estimate of drug-likeness (QED) is 0.606. The van der Waals surface area contributed by atoms with Crippen molar-refractivity contribution in [2.24, 2.45) is 46.3 Å². The second-order valence-corrected chi connectivity index (χ2v) is 7.70. The van der Waals surface area contributed by atoms with E-state index in [0.29, 0.717) is 0 Å². The smallest absolute Gasteiger partial charge is 0.0204 e. The molecule has 7 atom stereocenters. The van der Waals surface area contributed by atoms with Crippen LogP contribution in [0.4, 0.5) is 0 Å². The molecule has 0 nitrogen and oxygen atoms in total. The van der Waals surface area contributed by atoms with Gasteiger partial charge in [-0.3, -0.25) is 0 Å². The third kappa shape index (κ3) is 0.666. The summed E-state index contributed by atoms with van der Waals surface area (Å²) in [5.41, 5.74) is 1.56. The van der Waals surface area contributed by atoms with Gasteiger partial charge in [-0.1, -0.05) is 27.7 Å². The van der Waals surface area contributed by atoms with E-state index in [4.69, 9.17) is 0 Å². The molecular weight excluding hydrogens is 180 g/mol. The van der Waals surface area contributed by atoms with Crippen molar-refractivity contribution in [3.63, 3.8) is 0 Å². The molecule has 0 heteroatoms. The fourth-order valence-electron chi connectivity index (χ4n) is 6.72. The maximum absolute atomic E-state index is 2.63. The highest BCUT2D eigenvalue weighted by molar-refractivity contribution is 5.33. The van der Waals surface area contributed by atoms with E-state index >= 15 is 0 Å². The average molecular weight is 204 g/mol. The highest BCUT2D eigenvalue weighted by Gasteiger charge is 2.86. The fourth-order valence-corrected chi connectivity index (χ4v) is 6.72. The maximum atomic E-state index is 2.63. The maximum Gasteiger partial charge on any atom is -0.0204 e. The Hall–Kier alpha value is 0. The summed E-state index contributed by atoms with van der Waals surface area (Å²) in [6, 6.07) is 0. The molecule has 5 saturated carbocycles. The molecule has 5 aliphatic rings. The van der Waals surface area contributed by atoms with Crippen LogP contribution in [0.15, 0.2) is 0 Å². The Morgan fingerprint density at radius 1 is 1.13 bits per heavy atom. The van der Waals surface area contributed by atoms with Gasteiger partial charge < -0.3 is 0 Å². The van der Waals surface area contributed by atoms with E-state index in [9.17, 15) is 0 Å². The zero-order chi connectivity index (χ0) is 10.6. The standard InChI is InChI=1S/C15H24/c1-8(2)9-5-6-14(3)10-7-11-13(12(9)10)15(11,14)4/h8-13H,5-7H2,1-4H3/t9-,10+,11+,12?,13?,14-,15-/m0/s1. The van der Waals surface area contributed by atoms with E-state index in [1.165, 1.54) is 6.42 Å². The largest absolute Gasteiger partial charge is 0.0625 e. The minimum atomic E-state index is 0.762. The number of rotatable bonds is 1. The lowest BCUT2D eigenvalue weighted by atomic mass is 9.61. The Labute approximate surface area is 93.8 Å². The van der Waals surface area contributed by atoms with Crippen LogP contribution in [0.5, 0.6) is 0 Å². The van der Waals surface area contributed by atoms with Gasteiger partial charge in [0.1, 0.15) is 0 Å². The second kappa shape index (κ2) is 2.17. The SMILES string of the molecule is CC(C)[C@@H]1CC[C@@]2(C)[C@@H]3C[C@@H]4C(C13)[C@]42C. The van der Waals surface area contributed by atoms with Crippen LogP contribution in [0, 0.1) is 46.3 Å². The average Bonchev–Trinajstić information content (AvgIpc) is 2.49. The van der Waals surface area contributed by atoms with Gasteiger partial charge in [0.15, 0.2) is 0 Å². The molecule has 0 aromatic rings. The minimum Gasteiger partial charge on any atom is -0.0625 e. The Kier molecular flexibility index (Phi) is 1.31. The van der Waals surface area contributed by atoms with Crippen molar-refractivity contribution in [3.05, 3.63) is 0 Å². The topological polar surface area (TPSA) is 0 Å². The predicted molar refractivity (Wildman–Crippen MR) is 62.4 cm³/mol. The van der Waals surface area contributed by atoms with Gasteiger partial charge in [-0.2, -0.15) is 0 Å². The third-order valence-corrected chi connectivity index (χ3v) is 7.57. The summed E-state index contributed by atoms with van der Waals surface area (Å²) in [6.45, 7) is 10.2. The lowest BCUT2D eigenvalue weighted by Crippen LogP contribution is -2.37. The van der Waals surface area contributed by atoms with E-state index in [0.717, 1.165) is 46.3 Å². The van der Waals surface area contributed by atoms with Crippen molar-refractivity contribution >= 4 is 0 Å². The predicted octanol–water partition coefficient (Wildman–Crippen LogP) is 3.96. The van der Waals surface area contributed by atoms with Gasteiger partial charge in [-0.15, -0.1) is 0 Å². The number of hydrogen-bond acceptors (Lipinski definition) is 0. The summed E-state index contributed by atoms with van der Waals surface area (Å²) >= 11 is 0. The molecule has 2 unspecified atom stereocenters. The summed E-state index contributed by atoms with van der Waals surface area (Å²) in [6.07, 6.45) is 4.68. The van der Waals surface area contributed by atoms with Crippen LogP contribution in [0.25, 0.3) is 0 Å². The Balaban J connectivity index is 1.80. The van der Waals surface area contributed by atoms with Gasteiger partial charge in [-0.25, -0.2) is 0 Å². The van der Waals surface area contributed by atoms with Crippen molar-refractivity contribution in [3.8, 4) is 0 Å². The van der Waals surface area contributed by atoms with E-state index in [-0.39, 0.29) is 0 Å². The highest BCUT2D eigenvalue weighted by Crippen LogP contribution is 2.91. The van der Waals surface area contributed by atoms with Crippen LogP contribution in [0.2, 0.25) is 0 Å². The Morgan fingerprint density at radius 3 is 2.47 bits per heavy atom. The molecule has 0 spiro atoms. The highest BCUT2D eigenvalue weighted by atomic mass is 14.9. The van der Waals surface area contributed by atoms with Gasteiger partial charge in [0.2, 0.25) is 0 Å². The molecule has 0 N–H and O–H groups in total. The van der Waals surface area contributed by atoms with Crippen molar-refractivity contribution in [2.45, 2.75) is 47.0 Å². The molecule has 84 valence electrons. The molecule has 0 aromatic carbocycles. The van der Waals surface area contributed by atoms with E-state index in [1.807, 2.05) is 0 Å². The first-order valence-corrected chi connectivity index (χ1v) is 7.02. The van der Waals surface area contributed by atoms with Gasteiger partial charge >= 0.3 is 0 Å². The fraction of sp³-hybridized carbons (Fsp3) is 1.00. The van der Waals surface area contributed by atoms with Crippen LogP contribution in [0.3, 0.4) is 0 Å². The first-order valence-electron chi connectivity index (χ1n) is 7.02. The van der Waals surface area contributed by atoms with Crippen LogP contribution in [-0.4, -0.2) is 0 Å². The first kappa shape index (κ1) is 9.07. The Morgan fingerprint density at radius 2 is 1.87 bits per heavy atom. The monoisotopic (exact) mass is 204 g/mol. The molecule has 6 bridgehead atoms. The van der Waals surface area contributed by atoms with Crippen molar-refractivity contribution in [2.75, 3.05) is 0 Å². The van der Waals surface area contributed by atoms with Crippen LogP contribution in [0.1, 0.15) is 47.0 Å². The van der Waals surface area contributed by atoms with E-state index in [1.54, 1.807) is 12.8 Å². The van der Waals surface area contributed by atoms with Gasteiger partial charge in [-0.05, 0) is 65.6 Å². The normalized spacial score (nSPS) is 69.0. The molecule has 0 amide bonds. The van der Waals surface area contributed by atoms with Gasteiger partial charge in [0, 0.05) is 0 Å². The molecule has 0 radical (unpaired) electrons. The lowest BCUT2D eigenvalue weighted by Gasteiger charge is -2.44. The summed E-state index contributed by atoms with van der Waals surface area (Å²) in [5, 5.41) is 0. The molecule has 0 aliphatic heterocycles. The van der Waals surface area contributed by atoms with Gasteiger partial charge in [0.25, 0.3) is 0 Å². The summed E-state index contributed by atoms with van der Waals surface area (Å²) in [7, 11) is 0. The zero-order valence-corrected chi connectivity index (χ0v) is 10.6. The van der Waals surface area contributed by atoms with Crippen molar-refractivity contribution in [1.29, 1.82) is 0 Å². The third-order valence-electron chi connectivity index (χ3n) is 7.57. The molecular formula is C15H24. The van der Waals surface area contributed by atoms with Crippen LogP contribution < -0.4 is 0 Å². The second-order valence-electron chi connectivity index (χ2n) is 7.70. The lowest BCUT2D eigenvalue weighted by molar-refractivity contribution is 0.0483. The van der Waals surface area contributed by atoms with Crippen LogP contribution >= 0.6 is 0 Å². The first-order chi connectivity index (χ1) is 7.02. The zero-order valence-electron chi connectivity index (χ0n) is 10.6. The van der Waals surface area contributed by atoms with E-state index in [2.05, 4.69) is 27.7 Å². The summed E-state index contributed by atoms with van der Waals surface area (Å²) < 4.78 is 0. The molecule has 0 heterocycles. The van der Waals surface area contributed by atoms with Gasteiger partial charge in [0.05, 0.1) is 0 Å².